The van der Waals surface area contributed by atoms with Gasteiger partial charge < -0.3 is 9.30 Å². The van der Waals surface area contributed by atoms with Crippen LogP contribution in [0.15, 0.2) is 59.5 Å². The van der Waals surface area contributed by atoms with E-state index in [1.165, 1.54) is 18.2 Å². The van der Waals surface area contributed by atoms with Gasteiger partial charge in [0.25, 0.3) is 0 Å². The zero-order valence-electron chi connectivity index (χ0n) is 14.0. The first kappa shape index (κ1) is 18.5. The Morgan fingerprint density at radius 3 is 2.38 bits per heavy atom. The van der Waals surface area contributed by atoms with E-state index in [1.54, 1.807) is 30.5 Å². The topological polar surface area (TPSA) is 31.2 Å². The van der Waals surface area contributed by atoms with Gasteiger partial charge in [0.15, 0.2) is 5.75 Å². The van der Waals surface area contributed by atoms with Crippen LogP contribution in [0.5, 0.6) is 5.75 Å². The molecule has 0 unspecified atom stereocenters. The molecule has 0 N–H and O–H groups in total. The third kappa shape index (κ3) is 4.26. The van der Waals surface area contributed by atoms with Crippen molar-refractivity contribution in [3.8, 4) is 5.75 Å². The van der Waals surface area contributed by atoms with Gasteiger partial charge in [-0.15, -0.1) is 0 Å². The van der Waals surface area contributed by atoms with E-state index in [4.69, 9.17) is 27.9 Å². The van der Waals surface area contributed by atoms with E-state index in [0.717, 1.165) is 11.1 Å². The lowest BCUT2D eigenvalue weighted by Crippen LogP contribution is -2.15. The third-order valence-corrected chi connectivity index (χ3v) is 4.76. The van der Waals surface area contributed by atoms with Gasteiger partial charge >= 0.3 is 0 Å². The summed E-state index contributed by atoms with van der Waals surface area (Å²) in [4.78, 5) is 12.2. The number of rotatable bonds is 5. The summed E-state index contributed by atoms with van der Waals surface area (Å²) in [6.07, 6.45) is 1.71. The first-order valence-corrected chi connectivity index (χ1v) is 8.71. The zero-order valence-corrected chi connectivity index (χ0v) is 15.5. The smallest absolute Gasteiger partial charge is 0.223 e. The van der Waals surface area contributed by atoms with Gasteiger partial charge in [-0.2, -0.15) is 0 Å². The molecule has 0 radical (unpaired) electrons. The van der Waals surface area contributed by atoms with Crippen LogP contribution >= 0.6 is 23.2 Å². The van der Waals surface area contributed by atoms with Gasteiger partial charge in [0.2, 0.25) is 5.43 Å². The molecule has 0 spiro atoms. The lowest BCUT2D eigenvalue weighted by Gasteiger charge is -2.15. The highest BCUT2D eigenvalue weighted by atomic mass is 35.5. The van der Waals surface area contributed by atoms with Gasteiger partial charge in [-0.25, -0.2) is 4.39 Å². The minimum absolute atomic E-state index is 0.188. The second-order valence-corrected chi connectivity index (χ2v) is 6.70. The molecule has 6 heteroatoms. The molecule has 1 aromatic heterocycles. The number of hydrogen-bond acceptors (Lipinski definition) is 2. The molecule has 0 saturated carbocycles. The predicted molar refractivity (Wildman–Crippen MR) is 102 cm³/mol. The van der Waals surface area contributed by atoms with Crippen LogP contribution in [0.2, 0.25) is 10.0 Å². The average molecular weight is 392 g/mol. The standard InChI is InChI=1S/C20H16Cl2FNO2/c1-13-20(26-12-14-2-5-16(23)6-3-14)19(25)8-9-24(13)11-15-4-7-17(21)18(22)10-15/h2-10H,11-12H2,1H3. The van der Waals surface area contributed by atoms with E-state index in [1.807, 2.05) is 17.6 Å². The van der Waals surface area contributed by atoms with Gasteiger partial charge in [-0.3, -0.25) is 4.79 Å². The summed E-state index contributed by atoms with van der Waals surface area (Å²) >= 11 is 12.0. The Bertz CT molecular complexity index is 984. The molecule has 3 nitrogen and oxygen atoms in total. The summed E-state index contributed by atoms with van der Waals surface area (Å²) in [7, 11) is 0. The molecule has 2 aromatic carbocycles. The molecule has 134 valence electrons. The quantitative estimate of drug-likeness (QED) is 0.596. The molecule has 0 amide bonds. The summed E-state index contributed by atoms with van der Waals surface area (Å²) in [5.41, 5.74) is 2.24. The monoisotopic (exact) mass is 391 g/mol. The van der Waals surface area contributed by atoms with E-state index in [9.17, 15) is 9.18 Å². The summed E-state index contributed by atoms with van der Waals surface area (Å²) < 4.78 is 20.6. The van der Waals surface area contributed by atoms with Crippen LogP contribution in [0, 0.1) is 12.7 Å². The highest BCUT2D eigenvalue weighted by Crippen LogP contribution is 2.24. The molecule has 3 aromatic rings. The summed E-state index contributed by atoms with van der Waals surface area (Å²) in [5.74, 6) is -0.0366. The number of aromatic nitrogens is 1. The Balaban J connectivity index is 1.82. The van der Waals surface area contributed by atoms with Gasteiger partial charge in [-0.1, -0.05) is 41.4 Å². The van der Waals surface area contributed by atoms with Crippen LogP contribution in [0.25, 0.3) is 0 Å². The van der Waals surface area contributed by atoms with Gasteiger partial charge in [-0.05, 0) is 42.3 Å². The number of hydrogen-bond donors (Lipinski definition) is 0. The number of halogens is 3. The number of ether oxygens (including phenoxy) is 1. The molecule has 0 atom stereocenters. The van der Waals surface area contributed by atoms with Gasteiger partial charge in [0, 0.05) is 18.8 Å². The van der Waals surface area contributed by atoms with Crippen molar-refractivity contribution in [3.05, 3.63) is 97.6 Å². The highest BCUT2D eigenvalue weighted by Gasteiger charge is 2.10. The van der Waals surface area contributed by atoms with E-state index < -0.39 is 0 Å². The number of nitrogens with zero attached hydrogens (tertiary/aromatic N) is 1. The van der Waals surface area contributed by atoms with Crippen molar-refractivity contribution in [1.82, 2.24) is 4.57 Å². The summed E-state index contributed by atoms with van der Waals surface area (Å²) in [5, 5.41) is 0.978. The molecule has 1 heterocycles. The fourth-order valence-corrected chi connectivity index (χ4v) is 2.89. The minimum atomic E-state index is -0.311. The van der Waals surface area contributed by atoms with E-state index in [-0.39, 0.29) is 23.6 Å². The Labute approximate surface area is 160 Å². The molecule has 0 fully saturated rings. The molecule has 0 aliphatic carbocycles. The molecule has 0 aliphatic rings. The van der Waals surface area contributed by atoms with Gasteiger partial charge in [0.1, 0.15) is 12.4 Å². The fourth-order valence-electron chi connectivity index (χ4n) is 2.57. The van der Waals surface area contributed by atoms with Crippen LogP contribution in [0.4, 0.5) is 4.39 Å². The number of benzene rings is 2. The second kappa shape index (κ2) is 7.94. The predicted octanol–water partition coefficient (Wildman–Crippen LogP) is 5.23. The third-order valence-electron chi connectivity index (χ3n) is 4.02. The largest absolute Gasteiger partial charge is 0.483 e. The number of pyridine rings is 1. The fraction of sp³-hybridized carbons (Fsp3) is 0.150. The second-order valence-electron chi connectivity index (χ2n) is 5.89. The van der Waals surface area contributed by atoms with Gasteiger partial charge in [0.05, 0.1) is 15.7 Å². The van der Waals surface area contributed by atoms with Crippen molar-refractivity contribution in [2.75, 3.05) is 0 Å². The first-order valence-electron chi connectivity index (χ1n) is 7.95. The highest BCUT2D eigenvalue weighted by molar-refractivity contribution is 6.42. The first-order chi connectivity index (χ1) is 12.4. The van der Waals surface area contributed by atoms with Crippen LogP contribution < -0.4 is 10.2 Å². The maximum absolute atomic E-state index is 13.0. The SMILES string of the molecule is Cc1c(OCc2ccc(F)cc2)c(=O)ccn1Cc1ccc(Cl)c(Cl)c1. The normalized spacial score (nSPS) is 10.8. The Morgan fingerprint density at radius 2 is 1.69 bits per heavy atom. The molecular weight excluding hydrogens is 376 g/mol. The van der Waals surface area contributed by atoms with Crippen molar-refractivity contribution < 1.29 is 9.13 Å². The summed E-state index contributed by atoms with van der Waals surface area (Å²) in [6, 6.07) is 12.8. The molecule has 0 bridgehead atoms. The maximum atomic E-state index is 13.0. The van der Waals surface area contributed by atoms with Crippen molar-refractivity contribution in [2.24, 2.45) is 0 Å². The Kier molecular flexibility index (Phi) is 5.64. The molecular formula is C20H16Cl2FNO2. The van der Waals surface area contributed by atoms with Crippen LogP contribution in [0.1, 0.15) is 16.8 Å². The van der Waals surface area contributed by atoms with Crippen molar-refractivity contribution in [2.45, 2.75) is 20.1 Å². The van der Waals surface area contributed by atoms with E-state index in [2.05, 4.69) is 0 Å². The van der Waals surface area contributed by atoms with E-state index >= 15 is 0 Å². The van der Waals surface area contributed by atoms with Crippen LogP contribution in [-0.2, 0) is 13.2 Å². The molecule has 0 saturated heterocycles. The van der Waals surface area contributed by atoms with Crippen LogP contribution in [0.3, 0.4) is 0 Å². The van der Waals surface area contributed by atoms with Crippen LogP contribution in [-0.4, -0.2) is 4.57 Å². The zero-order chi connectivity index (χ0) is 18.7. The van der Waals surface area contributed by atoms with Crippen molar-refractivity contribution in [3.63, 3.8) is 0 Å². The van der Waals surface area contributed by atoms with Crippen molar-refractivity contribution >= 4 is 23.2 Å². The molecule has 0 aliphatic heterocycles. The minimum Gasteiger partial charge on any atom is -0.483 e. The average Bonchev–Trinajstić information content (AvgIpc) is 2.62. The van der Waals surface area contributed by atoms with E-state index in [0.29, 0.717) is 22.3 Å². The Morgan fingerprint density at radius 1 is 1.00 bits per heavy atom. The lowest BCUT2D eigenvalue weighted by atomic mass is 10.2. The van der Waals surface area contributed by atoms with Crippen molar-refractivity contribution in [1.29, 1.82) is 0 Å². The maximum Gasteiger partial charge on any atom is 0.223 e. The Hall–Kier alpha value is -2.30. The lowest BCUT2D eigenvalue weighted by molar-refractivity contribution is 0.297. The summed E-state index contributed by atoms with van der Waals surface area (Å²) in [6.45, 7) is 2.53. The molecule has 26 heavy (non-hydrogen) atoms. The molecule has 3 rings (SSSR count).